The van der Waals surface area contributed by atoms with E-state index in [2.05, 4.69) is 0 Å². The first-order chi connectivity index (χ1) is 25.8. The smallest absolute Gasteiger partial charge is 0.507 e. The van der Waals surface area contributed by atoms with E-state index in [4.69, 9.17) is 19.7 Å². The molecule has 16 heteroatoms. The van der Waals surface area contributed by atoms with Gasteiger partial charge in [0.2, 0.25) is 0 Å². The molecule has 4 N–H and O–H groups in total. The maximum Gasteiger partial charge on any atom is 2.00 e. The number of nitrogens with zero attached hydrogens (tertiary/aromatic N) is 2. The molecule has 0 saturated carbocycles. The number of ether oxygens (including phenoxy) is 2. The Balaban J connectivity index is 0.000000290. The van der Waals surface area contributed by atoms with Crippen molar-refractivity contribution in [2.24, 2.45) is 0 Å². The van der Waals surface area contributed by atoms with Crippen LogP contribution in [0.3, 0.4) is 0 Å². The van der Waals surface area contributed by atoms with Crippen LogP contribution in [0.1, 0.15) is 22.3 Å². The largest absolute Gasteiger partial charge is 2.00 e. The zero-order valence-electron chi connectivity index (χ0n) is 30.1. The molecule has 0 aliphatic carbocycles. The number of ketones is 2. The SMILES string of the molecule is COc1cccc2c1c(/C(O)=C/C(=O)C(=O)O)cn2Cc1ccc(F)cc1.COc1cccc2c1c(/C(O)=C/C(=O)C(=O)O)cn2Cc1ccc(F)cc1.[Mg+2].[Mg+2]. The minimum Gasteiger partial charge on any atom is -0.507 e. The fraction of sp³-hybridized carbons (Fsp3) is 0.100. The van der Waals surface area contributed by atoms with E-state index >= 15 is 0 Å². The molecular formula is C40H32F2Mg2N2O10+4. The first kappa shape index (κ1) is 44.7. The summed E-state index contributed by atoms with van der Waals surface area (Å²) in [6.07, 6.45) is 4.51. The van der Waals surface area contributed by atoms with Gasteiger partial charge in [-0.3, -0.25) is 9.59 Å². The molecule has 0 unspecified atom stereocenters. The molecule has 0 saturated heterocycles. The number of aliphatic hydroxyl groups is 2. The first-order valence-electron chi connectivity index (χ1n) is 16.0. The molecule has 56 heavy (non-hydrogen) atoms. The van der Waals surface area contributed by atoms with Crippen LogP contribution in [0.5, 0.6) is 11.5 Å². The van der Waals surface area contributed by atoms with Crippen molar-refractivity contribution in [3.8, 4) is 11.5 Å². The third-order valence-electron chi connectivity index (χ3n) is 8.22. The zero-order valence-corrected chi connectivity index (χ0v) is 32.9. The number of hydrogen-bond acceptors (Lipinski definition) is 8. The van der Waals surface area contributed by atoms with Gasteiger partial charge in [0.05, 0.1) is 36.0 Å². The van der Waals surface area contributed by atoms with Crippen molar-refractivity contribution >= 4 is 103 Å². The van der Waals surface area contributed by atoms with Crippen LogP contribution in [0.4, 0.5) is 8.78 Å². The second-order valence-electron chi connectivity index (χ2n) is 11.7. The summed E-state index contributed by atoms with van der Waals surface area (Å²) in [5.74, 6) is -6.51. The van der Waals surface area contributed by atoms with Gasteiger partial charge in [0.15, 0.2) is 0 Å². The van der Waals surface area contributed by atoms with E-state index in [0.717, 1.165) is 11.1 Å². The number of aromatic nitrogens is 2. The van der Waals surface area contributed by atoms with Gasteiger partial charge >= 0.3 is 58.0 Å². The first-order valence-corrected chi connectivity index (χ1v) is 16.0. The number of benzene rings is 4. The van der Waals surface area contributed by atoms with E-state index in [1.54, 1.807) is 82.2 Å². The average Bonchev–Trinajstić information content (AvgIpc) is 3.72. The molecule has 0 bridgehead atoms. The van der Waals surface area contributed by atoms with Crippen molar-refractivity contribution in [2.75, 3.05) is 14.2 Å². The topological polar surface area (TPSA) is 178 Å². The van der Waals surface area contributed by atoms with Gasteiger partial charge in [-0.1, -0.05) is 36.4 Å². The Bertz CT molecular complexity index is 2280. The molecule has 0 spiro atoms. The number of hydrogen-bond donors (Lipinski definition) is 4. The number of carbonyl (C=O) groups is 4. The third kappa shape index (κ3) is 10.3. The number of aliphatic carboxylic acids is 2. The molecule has 0 aliphatic rings. The van der Waals surface area contributed by atoms with Gasteiger partial charge in [0.25, 0.3) is 11.6 Å². The zero-order chi connectivity index (χ0) is 39.1. The number of carbonyl (C=O) groups excluding carboxylic acids is 2. The second kappa shape index (κ2) is 19.8. The average molecular weight is 787 g/mol. The quantitative estimate of drug-likeness (QED) is 0.0497. The monoisotopic (exact) mass is 786 g/mol. The normalized spacial score (nSPS) is 11.1. The number of fused-ring (bicyclic) bond motifs is 2. The standard InChI is InChI=1S/2C20H16FNO5.2Mg/c2*1-27-18-4-2-3-15-19(18)14(16(23)9-17(24)20(25)26)11-22(15)10-12-5-7-13(21)8-6-12;;/h2*2-9,11,23H,10H2,1H3,(H,25,26);;/q;;2*+2/b2*16-9-;;. The Labute approximate surface area is 350 Å². The summed E-state index contributed by atoms with van der Waals surface area (Å²) < 4.78 is 40.6. The summed E-state index contributed by atoms with van der Waals surface area (Å²) in [6, 6.07) is 22.5. The van der Waals surface area contributed by atoms with Crippen LogP contribution < -0.4 is 9.47 Å². The Morgan fingerprint density at radius 3 is 1.21 bits per heavy atom. The molecule has 0 amide bonds. The number of rotatable bonds is 12. The van der Waals surface area contributed by atoms with Crippen LogP contribution >= 0.6 is 0 Å². The summed E-state index contributed by atoms with van der Waals surface area (Å²) in [5.41, 5.74) is 3.59. The van der Waals surface area contributed by atoms with Gasteiger partial charge in [-0.15, -0.1) is 0 Å². The number of carboxylic acids is 2. The van der Waals surface area contributed by atoms with Crippen LogP contribution in [0.15, 0.2) is 109 Å². The summed E-state index contributed by atoms with van der Waals surface area (Å²) in [6.45, 7) is 0.758. The minimum absolute atomic E-state index is 0. The summed E-state index contributed by atoms with van der Waals surface area (Å²) in [7, 11) is 2.94. The molecule has 0 atom stereocenters. The summed E-state index contributed by atoms with van der Waals surface area (Å²) in [4.78, 5) is 44.4. The van der Waals surface area contributed by atoms with E-state index in [1.165, 1.54) is 38.5 Å². The van der Waals surface area contributed by atoms with Crippen LogP contribution in [0, 0.1) is 11.6 Å². The number of methoxy groups -OCH3 is 2. The maximum absolute atomic E-state index is 13.1. The fourth-order valence-electron chi connectivity index (χ4n) is 5.73. The Kier molecular flexibility index (Phi) is 15.8. The minimum atomic E-state index is -1.66. The Morgan fingerprint density at radius 2 is 0.911 bits per heavy atom. The molecule has 2 aromatic heterocycles. The van der Waals surface area contributed by atoms with Crippen LogP contribution in [0.25, 0.3) is 33.3 Å². The predicted molar refractivity (Wildman–Crippen MR) is 206 cm³/mol. The molecule has 0 aliphatic heterocycles. The fourth-order valence-corrected chi connectivity index (χ4v) is 5.73. The Hall–Kier alpha value is -5.69. The van der Waals surface area contributed by atoms with Crippen LogP contribution in [-0.2, 0) is 32.3 Å². The van der Waals surface area contributed by atoms with Crippen molar-refractivity contribution in [1.29, 1.82) is 0 Å². The molecular weight excluding hydrogens is 755 g/mol. The molecule has 276 valence electrons. The van der Waals surface area contributed by atoms with E-state index in [-0.39, 0.29) is 68.9 Å². The van der Waals surface area contributed by atoms with Gasteiger partial charge in [-0.2, -0.15) is 0 Å². The molecule has 12 nitrogen and oxygen atoms in total. The second-order valence-corrected chi connectivity index (χ2v) is 11.7. The number of halogens is 2. The summed E-state index contributed by atoms with van der Waals surface area (Å²) >= 11 is 0. The van der Waals surface area contributed by atoms with Gasteiger partial charge in [0.1, 0.15) is 34.7 Å². The van der Waals surface area contributed by atoms with Gasteiger partial charge in [-0.05, 0) is 59.7 Å². The van der Waals surface area contributed by atoms with E-state index in [0.29, 0.717) is 58.5 Å². The van der Waals surface area contributed by atoms with E-state index in [1.807, 2.05) is 0 Å². The van der Waals surface area contributed by atoms with E-state index < -0.39 is 35.0 Å². The molecule has 0 fully saturated rings. The predicted octanol–water partition coefficient (Wildman–Crippen LogP) is 6.02. The molecule has 2 heterocycles. The molecule has 6 rings (SSSR count). The van der Waals surface area contributed by atoms with Crippen molar-refractivity contribution in [1.82, 2.24) is 9.13 Å². The van der Waals surface area contributed by atoms with Crippen molar-refractivity contribution in [3.05, 3.63) is 143 Å². The van der Waals surface area contributed by atoms with Crippen LogP contribution in [0.2, 0.25) is 0 Å². The van der Waals surface area contributed by atoms with Gasteiger partial charge in [0, 0.05) is 48.8 Å². The third-order valence-corrected chi connectivity index (χ3v) is 8.22. The van der Waals surface area contributed by atoms with Gasteiger partial charge in [-0.25, -0.2) is 18.4 Å². The number of carboxylic acid groups (broad SMARTS) is 2. The maximum atomic E-state index is 13.1. The molecule has 6 aromatic rings. The van der Waals surface area contributed by atoms with E-state index in [9.17, 15) is 38.2 Å². The van der Waals surface area contributed by atoms with Crippen molar-refractivity contribution in [3.63, 3.8) is 0 Å². The molecule has 4 aromatic carbocycles. The Morgan fingerprint density at radius 1 is 0.571 bits per heavy atom. The molecule has 0 radical (unpaired) electrons. The number of aliphatic hydroxyl groups excluding tert-OH is 2. The summed E-state index contributed by atoms with van der Waals surface area (Å²) in [5, 5.41) is 39.2. The van der Waals surface area contributed by atoms with Gasteiger partial charge < -0.3 is 39.0 Å². The van der Waals surface area contributed by atoms with Crippen molar-refractivity contribution < 1.29 is 57.9 Å². The van der Waals surface area contributed by atoms with Crippen molar-refractivity contribution in [2.45, 2.75) is 13.1 Å². The van der Waals surface area contributed by atoms with Crippen LogP contribution in [-0.4, -0.2) is 113 Å².